The number of nitrogens with zero attached hydrogens (tertiary/aromatic N) is 2. The van der Waals surface area contributed by atoms with Gasteiger partial charge in [-0.2, -0.15) is 0 Å². The second-order valence-electron chi connectivity index (χ2n) is 6.80. The molecule has 0 aliphatic heterocycles. The highest BCUT2D eigenvalue weighted by atomic mass is 16.5. The van der Waals surface area contributed by atoms with E-state index in [1.807, 2.05) is 12.1 Å². The van der Waals surface area contributed by atoms with Gasteiger partial charge in [0.05, 0.1) is 21.3 Å². The molecule has 0 radical (unpaired) electrons. The summed E-state index contributed by atoms with van der Waals surface area (Å²) in [6.07, 6.45) is 0. The Morgan fingerprint density at radius 2 is 1.77 bits per heavy atom. The van der Waals surface area contributed by atoms with Gasteiger partial charge in [-0.25, -0.2) is 4.98 Å². The number of hydrogen-bond acceptors (Lipinski definition) is 6. The van der Waals surface area contributed by atoms with Gasteiger partial charge in [-0.3, -0.25) is 14.2 Å². The van der Waals surface area contributed by atoms with Crippen molar-refractivity contribution in [3.63, 3.8) is 0 Å². The summed E-state index contributed by atoms with van der Waals surface area (Å²) in [7, 11) is 4.68. The highest BCUT2D eigenvalue weighted by Gasteiger charge is 2.15. The van der Waals surface area contributed by atoms with Crippen molar-refractivity contribution in [3.8, 4) is 28.6 Å². The van der Waals surface area contributed by atoms with Crippen LogP contribution in [0.5, 0.6) is 17.2 Å². The summed E-state index contributed by atoms with van der Waals surface area (Å²) in [5.74, 6) is 1.91. The van der Waals surface area contributed by atoms with E-state index < -0.39 is 0 Å². The van der Waals surface area contributed by atoms with Gasteiger partial charge in [0.2, 0.25) is 5.91 Å². The molecule has 0 spiro atoms. The van der Waals surface area contributed by atoms with Gasteiger partial charge in [-0.1, -0.05) is 12.1 Å². The average Bonchev–Trinajstić information content (AvgIpc) is 2.78. The zero-order valence-corrected chi connectivity index (χ0v) is 18.0. The lowest BCUT2D eigenvalue weighted by Gasteiger charge is -2.15. The molecule has 0 unspecified atom stereocenters. The van der Waals surface area contributed by atoms with Crippen molar-refractivity contribution in [2.75, 3.05) is 21.3 Å². The van der Waals surface area contributed by atoms with Crippen LogP contribution in [0.4, 0.5) is 0 Å². The molecular weight excluding hydrogens is 398 g/mol. The summed E-state index contributed by atoms with van der Waals surface area (Å²) in [4.78, 5) is 29.8. The number of para-hydroxylation sites is 1. The largest absolute Gasteiger partial charge is 0.497 e. The van der Waals surface area contributed by atoms with Crippen molar-refractivity contribution in [2.45, 2.75) is 20.0 Å². The van der Waals surface area contributed by atoms with Crippen LogP contribution < -0.4 is 25.1 Å². The minimum atomic E-state index is -0.326. The molecule has 1 amide bonds. The van der Waals surface area contributed by atoms with Crippen molar-refractivity contribution in [1.82, 2.24) is 14.9 Å². The molecule has 1 N–H and O–H groups in total. The number of methoxy groups -OCH3 is 3. The molecule has 8 heteroatoms. The molecule has 8 nitrogen and oxygen atoms in total. The Morgan fingerprint density at radius 1 is 1.03 bits per heavy atom. The summed E-state index contributed by atoms with van der Waals surface area (Å²) in [5.41, 5.74) is 1.75. The second-order valence-corrected chi connectivity index (χ2v) is 6.80. The molecule has 31 heavy (non-hydrogen) atoms. The van der Waals surface area contributed by atoms with Crippen molar-refractivity contribution >= 4 is 5.91 Å². The Balaban J connectivity index is 1.82. The molecule has 0 aliphatic rings. The van der Waals surface area contributed by atoms with Gasteiger partial charge in [0, 0.05) is 29.4 Å². The minimum absolute atomic E-state index is 0.167. The average molecular weight is 423 g/mol. The van der Waals surface area contributed by atoms with Crippen LogP contribution in [0.3, 0.4) is 0 Å². The molecule has 1 aromatic heterocycles. The summed E-state index contributed by atoms with van der Waals surface area (Å²) in [6.45, 7) is 1.80. The van der Waals surface area contributed by atoms with E-state index >= 15 is 0 Å². The molecule has 3 aromatic rings. The van der Waals surface area contributed by atoms with Crippen LogP contribution in [-0.2, 0) is 17.9 Å². The molecule has 0 aliphatic carbocycles. The van der Waals surface area contributed by atoms with Crippen LogP contribution in [0.1, 0.15) is 11.3 Å². The van der Waals surface area contributed by atoms with Crippen LogP contribution in [0.15, 0.2) is 53.3 Å². The van der Waals surface area contributed by atoms with Gasteiger partial charge in [0.1, 0.15) is 18.1 Å². The van der Waals surface area contributed by atoms with Crippen LogP contribution in [0.2, 0.25) is 0 Å². The Hall–Kier alpha value is -3.81. The highest BCUT2D eigenvalue weighted by Crippen LogP contribution is 2.30. The maximum Gasteiger partial charge on any atom is 0.254 e. The fourth-order valence-corrected chi connectivity index (χ4v) is 3.22. The molecule has 162 valence electrons. The van der Waals surface area contributed by atoms with Crippen molar-refractivity contribution in [2.24, 2.45) is 0 Å². The quantitative estimate of drug-likeness (QED) is 0.599. The first kappa shape index (κ1) is 21.9. The van der Waals surface area contributed by atoms with Crippen LogP contribution in [-0.4, -0.2) is 36.8 Å². The number of rotatable bonds is 8. The lowest BCUT2D eigenvalue weighted by molar-refractivity contribution is -0.121. The Labute approximate surface area is 180 Å². The predicted octanol–water partition coefficient (Wildman–Crippen LogP) is 2.56. The molecule has 2 aromatic carbocycles. The minimum Gasteiger partial charge on any atom is -0.497 e. The van der Waals surface area contributed by atoms with E-state index in [1.165, 1.54) is 10.6 Å². The van der Waals surface area contributed by atoms with Gasteiger partial charge in [-0.15, -0.1) is 0 Å². The predicted molar refractivity (Wildman–Crippen MR) is 117 cm³/mol. The van der Waals surface area contributed by atoms with E-state index in [9.17, 15) is 9.59 Å². The third-order valence-corrected chi connectivity index (χ3v) is 4.75. The molecule has 0 saturated carbocycles. The number of aryl methyl sites for hydroxylation is 1. The first-order valence-corrected chi connectivity index (χ1v) is 9.66. The maximum atomic E-state index is 12.7. The number of hydrogen-bond donors (Lipinski definition) is 1. The Bertz CT molecular complexity index is 1120. The number of amides is 1. The van der Waals surface area contributed by atoms with Crippen molar-refractivity contribution < 1.29 is 19.0 Å². The van der Waals surface area contributed by atoms with Crippen LogP contribution in [0.25, 0.3) is 11.4 Å². The van der Waals surface area contributed by atoms with Crippen LogP contribution >= 0.6 is 0 Å². The van der Waals surface area contributed by atoms with E-state index in [0.717, 1.165) is 5.56 Å². The van der Waals surface area contributed by atoms with Crippen molar-refractivity contribution in [3.05, 3.63) is 70.1 Å². The first-order chi connectivity index (χ1) is 15.0. The summed E-state index contributed by atoms with van der Waals surface area (Å²) >= 11 is 0. The summed E-state index contributed by atoms with van der Waals surface area (Å²) in [6, 6.07) is 14.0. The number of carbonyl (C=O) groups excluding carboxylic acids is 1. The lowest BCUT2D eigenvalue weighted by Crippen LogP contribution is -2.33. The zero-order valence-electron chi connectivity index (χ0n) is 18.0. The molecule has 0 atom stereocenters. The Kier molecular flexibility index (Phi) is 6.92. The molecular formula is C23H25N3O5. The number of benzene rings is 2. The SMILES string of the molecule is COc1ccc(-c2nc(C)cc(=O)n2CC(=O)NCc2cccc(OC)c2OC)cc1. The van der Waals surface area contributed by atoms with E-state index in [2.05, 4.69) is 10.3 Å². The first-order valence-electron chi connectivity index (χ1n) is 9.66. The van der Waals surface area contributed by atoms with Gasteiger partial charge >= 0.3 is 0 Å². The topological polar surface area (TPSA) is 91.7 Å². The molecule has 0 fully saturated rings. The van der Waals surface area contributed by atoms with E-state index in [4.69, 9.17) is 14.2 Å². The van der Waals surface area contributed by atoms with Gasteiger partial charge in [0.25, 0.3) is 5.56 Å². The fourth-order valence-electron chi connectivity index (χ4n) is 3.22. The monoisotopic (exact) mass is 423 g/mol. The standard InChI is InChI=1S/C23H25N3O5/c1-15-12-21(28)26(23(25-15)16-8-10-18(29-2)11-9-16)14-20(27)24-13-17-6-5-7-19(30-3)22(17)31-4/h5-12H,13-14H2,1-4H3,(H,24,27). The number of ether oxygens (including phenoxy) is 3. The second kappa shape index (κ2) is 9.80. The molecule has 0 bridgehead atoms. The lowest BCUT2D eigenvalue weighted by atomic mass is 10.2. The summed E-state index contributed by atoms with van der Waals surface area (Å²) in [5, 5.41) is 2.83. The van der Waals surface area contributed by atoms with Gasteiger partial charge < -0.3 is 19.5 Å². The maximum absolute atomic E-state index is 12.7. The fraction of sp³-hybridized carbons (Fsp3) is 0.261. The molecule has 3 rings (SSSR count). The van der Waals surface area contributed by atoms with Crippen molar-refractivity contribution in [1.29, 1.82) is 0 Å². The third kappa shape index (κ3) is 5.03. The molecule has 0 saturated heterocycles. The number of carbonyl (C=O) groups is 1. The van der Waals surface area contributed by atoms with Gasteiger partial charge in [0.15, 0.2) is 11.5 Å². The van der Waals surface area contributed by atoms with E-state index in [1.54, 1.807) is 58.6 Å². The number of nitrogens with one attached hydrogen (secondary N) is 1. The molecule has 1 heterocycles. The Morgan fingerprint density at radius 3 is 2.42 bits per heavy atom. The number of aromatic nitrogens is 2. The highest BCUT2D eigenvalue weighted by molar-refractivity contribution is 5.76. The summed E-state index contributed by atoms with van der Waals surface area (Å²) < 4.78 is 17.2. The van der Waals surface area contributed by atoms with Crippen LogP contribution in [0, 0.1) is 6.92 Å². The van der Waals surface area contributed by atoms with E-state index in [-0.39, 0.29) is 24.6 Å². The normalized spacial score (nSPS) is 10.5. The van der Waals surface area contributed by atoms with E-state index in [0.29, 0.717) is 34.3 Å². The third-order valence-electron chi connectivity index (χ3n) is 4.75. The zero-order chi connectivity index (χ0) is 22.4. The van der Waals surface area contributed by atoms with Gasteiger partial charge in [-0.05, 0) is 37.3 Å². The smallest absolute Gasteiger partial charge is 0.254 e.